The second kappa shape index (κ2) is 6.07. The van der Waals surface area contributed by atoms with Crippen LogP contribution in [0.3, 0.4) is 0 Å². The van der Waals surface area contributed by atoms with Crippen molar-refractivity contribution in [2.75, 3.05) is 0 Å². The Morgan fingerprint density at radius 1 is 0.625 bits per heavy atom. The maximum absolute atomic E-state index is 2.37. The highest BCUT2D eigenvalue weighted by atomic mass is 14.3. The quantitative estimate of drug-likeness (QED) is 0.582. The topological polar surface area (TPSA) is 0 Å². The van der Waals surface area contributed by atoms with Crippen LogP contribution in [0.2, 0.25) is 0 Å². The van der Waals surface area contributed by atoms with Crippen LogP contribution in [0.15, 0.2) is 0 Å². The second-order valence-electron chi connectivity index (χ2n) is 6.48. The van der Waals surface area contributed by atoms with Crippen LogP contribution in [0.1, 0.15) is 78.1 Å². The highest BCUT2D eigenvalue weighted by molar-refractivity contribution is 4.79. The van der Waals surface area contributed by atoms with E-state index in [0.29, 0.717) is 0 Å². The molecular weight excluding hydrogens is 192 g/mol. The molecule has 4 atom stereocenters. The third-order valence-electron chi connectivity index (χ3n) is 5.44. The lowest BCUT2D eigenvalue weighted by Crippen LogP contribution is -2.01. The van der Waals surface area contributed by atoms with Crippen LogP contribution in [0.5, 0.6) is 0 Å². The zero-order chi connectivity index (χ0) is 11.4. The van der Waals surface area contributed by atoms with Crippen LogP contribution in [-0.2, 0) is 0 Å². The van der Waals surface area contributed by atoms with Gasteiger partial charge in [-0.3, -0.25) is 0 Å². The summed E-state index contributed by atoms with van der Waals surface area (Å²) in [5.74, 6) is 4.37. The Labute approximate surface area is 102 Å². The normalized spacial score (nSPS) is 39.4. The number of hydrogen-bond donors (Lipinski definition) is 0. The van der Waals surface area contributed by atoms with Crippen LogP contribution in [0.25, 0.3) is 0 Å². The van der Waals surface area contributed by atoms with Crippen molar-refractivity contribution in [3.63, 3.8) is 0 Å². The number of rotatable bonds is 5. The van der Waals surface area contributed by atoms with E-state index in [9.17, 15) is 0 Å². The molecule has 0 amide bonds. The molecular formula is C16H30. The molecule has 0 bridgehead atoms. The molecule has 2 aliphatic rings. The average Bonchev–Trinajstić information content (AvgIpc) is 2.95. The van der Waals surface area contributed by atoms with Crippen molar-refractivity contribution in [3.05, 3.63) is 0 Å². The minimum absolute atomic E-state index is 1.08. The van der Waals surface area contributed by atoms with Gasteiger partial charge in [0.05, 0.1) is 0 Å². The summed E-state index contributed by atoms with van der Waals surface area (Å²) in [6.07, 6.45) is 15.2. The van der Waals surface area contributed by atoms with Gasteiger partial charge in [0.1, 0.15) is 0 Å². The van der Waals surface area contributed by atoms with Crippen molar-refractivity contribution in [1.82, 2.24) is 0 Å². The van der Waals surface area contributed by atoms with Gasteiger partial charge >= 0.3 is 0 Å². The fourth-order valence-corrected chi connectivity index (χ4v) is 4.09. The van der Waals surface area contributed by atoms with Gasteiger partial charge in [0.2, 0.25) is 0 Å². The second-order valence-corrected chi connectivity index (χ2v) is 6.48. The van der Waals surface area contributed by atoms with Gasteiger partial charge in [-0.15, -0.1) is 0 Å². The largest absolute Gasteiger partial charge is 0.0651 e. The summed E-state index contributed by atoms with van der Waals surface area (Å²) < 4.78 is 0. The molecule has 0 saturated heterocycles. The summed E-state index contributed by atoms with van der Waals surface area (Å²) in [5.41, 5.74) is 0. The monoisotopic (exact) mass is 222 g/mol. The fourth-order valence-electron chi connectivity index (χ4n) is 4.09. The van der Waals surface area contributed by atoms with Crippen molar-refractivity contribution in [2.45, 2.75) is 78.1 Å². The first-order valence-corrected chi connectivity index (χ1v) is 7.81. The van der Waals surface area contributed by atoms with Gasteiger partial charge in [-0.25, -0.2) is 0 Å². The zero-order valence-electron chi connectivity index (χ0n) is 11.4. The Morgan fingerprint density at radius 3 is 1.31 bits per heavy atom. The molecule has 0 nitrogen and oxygen atoms in total. The van der Waals surface area contributed by atoms with E-state index in [1.54, 1.807) is 38.5 Å². The molecule has 0 aromatic carbocycles. The maximum atomic E-state index is 2.37. The summed E-state index contributed by atoms with van der Waals surface area (Å²) in [7, 11) is 0. The first-order chi connectivity index (χ1) is 7.81. The Kier molecular flexibility index (Phi) is 4.73. The standard InChI is InChI=1S/C16H30/c1-3-13-5-7-15(11-13)9-10-16-8-6-14(4-2)12-16/h13-16H,3-12H2,1-2H3. The molecule has 0 aromatic heterocycles. The lowest BCUT2D eigenvalue weighted by Gasteiger charge is -2.14. The molecule has 0 aromatic rings. The highest BCUT2D eigenvalue weighted by Gasteiger charge is 2.27. The molecule has 0 heteroatoms. The summed E-state index contributed by atoms with van der Waals surface area (Å²) in [6.45, 7) is 4.74. The molecule has 94 valence electrons. The predicted molar refractivity (Wildman–Crippen MR) is 71.5 cm³/mol. The summed E-state index contributed by atoms with van der Waals surface area (Å²) >= 11 is 0. The van der Waals surface area contributed by atoms with E-state index < -0.39 is 0 Å². The zero-order valence-corrected chi connectivity index (χ0v) is 11.4. The number of hydrogen-bond acceptors (Lipinski definition) is 0. The first kappa shape index (κ1) is 12.5. The average molecular weight is 222 g/mol. The maximum Gasteiger partial charge on any atom is -0.0411 e. The SMILES string of the molecule is CCC1CCC(CCC2CCC(CC)C2)C1. The van der Waals surface area contributed by atoms with Gasteiger partial charge in [-0.2, -0.15) is 0 Å². The van der Waals surface area contributed by atoms with E-state index in [0.717, 1.165) is 23.7 Å². The molecule has 16 heavy (non-hydrogen) atoms. The van der Waals surface area contributed by atoms with E-state index >= 15 is 0 Å². The third kappa shape index (κ3) is 3.25. The lowest BCUT2D eigenvalue weighted by atomic mass is 9.92. The molecule has 0 radical (unpaired) electrons. The Balaban J connectivity index is 1.61. The minimum Gasteiger partial charge on any atom is -0.0651 e. The molecule has 4 unspecified atom stereocenters. The van der Waals surface area contributed by atoms with Gasteiger partial charge in [0.15, 0.2) is 0 Å². The van der Waals surface area contributed by atoms with Gasteiger partial charge in [-0.1, -0.05) is 65.2 Å². The fraction of sp³-hybridized carbons (Fsp3) is 1.00. The van der Waals surface area contributed by atoms with Gasteiger partial charge in [0.25, 0.3) is 0 Å². The van der Waals surface area contributed by atoms with Crippen LogP contribution in [-0.4, -0.2) is 0 Å². The van der Waals surface area contributed by atoms with Gasteiger partial charge in [0, 0.05) is 0 Å². The van der Waals surface area contributed by atoms with E-state index in [2.05, 4.69) is 13.8 Å². The van der Waals surface area contributed by atoms with Crippen molar-refractivity contribution in [3.8, 4) is 0 Å². The van der Waals surface area contributed by atoms with Crippen LogP contribution in [0, 0.1) is 23.7 Å². The molecule has 0 spiro atoms. The van der Waals surface area contributed by atoms with Crippen LogP contribution in [0.4, 0.5) is 0 Å². The summed E-state index contributed by atoms with van der Waals surface area (Å²) in [5, 5.41) is 0. The molecule has 0 N–H and O–H groups in total. The van der Waals surface area contributed by atoms with E-state index in [1.807, 2.05) is 0 Å². The van der Waals surface area contributed by atoms with Crippen molar-refractivity contribution >= 4 is 0 Å². The van der Waals surface area contributed by atoms with Crippen molar-refractivity contribution in [1.29, 1.82) is 0 Å². The van der Waals surface area contributed by atoms with Crippen LogP contribution < -0.4 is 0 Å². The van der Waals surface area contributed by atoms with Crippen molar-refractivity contribution < 1.29 is 0 Å². The predicted octanol–water partition coefficient (Wildman–Crippen LogP) is 5.42. The van der Waals surface area contributed by atoms with Gasteiger partial charge in [-0.05, 0) is 36.5 Å². The lowest BCUT2D eigenvalue weighted by molar-refractivity contribution is 0.379. The summed E-state index contributed by atoms with van der Waals surface area (Å²) in [4.78, 5) is 0. The highest BCUT2D eigenvalue weighted by Crippen LogP contribution is 2.40. The third-order valence-corrected chi connectivity index (χ3v) is 5.44. The van der Waals surface area contributed by atoms with Gasteiger partial charge < -0.3 is 0 Å². The molecule has 0 heterocycles. The Morgan fingerprint density at radius 2 is 1.00 bits per heavy atom. The van der Waals surface area contributed by atoms with E-state index in [1.165, 1.54) is 25.7 Å². The van der Waals surface area contributed by atoms with E-state index in [4.69, 9.17) is 0 Å². The van der Waals surface area contributed by atoms with Crippen LogP contribution >= 0.6 is 0 Å². The first-order valence-electron chi connectivity index (χ1n) is 7.81. The molecule has 0 aliphatic heterocycles. The van der Waals surface area contributed by atoms with E-state index in [-0.39, 0.29) is 0 Å². The molecule has 2 saturated carbocycles. The van der Waals surface area contributed by atoms with Crippen molar-refractivity contribution in [2.24, 2.45) is 23.7 Å². The molecule has 2 aliphatic carbocycles. The Bertz CT molecular complexity index is 174. The Hall–Kier alpha value is 0. The molecule has 2 fully saturated rings. The molecule has 2 rings (SSSR count). The smallest absolute Gasteiger partial charge is 0.0411 e. The minimum atomic E-state index is 1.08. The summed E-state index contributed by atoms with van der Waals surface area (Å²) in [6, 6.07) is 0.